The van der Waals surface area contributed by atoms with E-state index in [-0.39, 0.29) is 0 Å². The van der Waals surface area contributed by atoms with Crippen molar-refractivity contribution >= 4 is 23.2 Å². The van der Waals surface area contributed by atoms with E-state index >= 15 is 0 Å². The molecule has 0 amide bonds. The van der Waals surface area contributed by atoms with Gasteiger partial charge in [0.2, 0.25) is 0 Å². The maximum Gasteiger partial charge on any atom is 0.137 e. The third-order valence-corrected chi connectivity index (χ3v) is 7.44. The highest BCUT2D eigenvalue weighted by atomic mass is 35.5. The molecule has 0 aliphatic heterocycles. The summed E-state index contributed by atoms with van der Waals surface area (Å²) in [5.41, 5.74) is 1.61. The molecule has 0 bridgehead atoms. The zero-order chi connectivity index (χ0) is 28.7. The van der Waals surface area contributed by atoms with Gasteiger partial charge in [-0.25, -0.2) is 0 Å². The Morgan fingerprint density at radius 3 is 1.20 bits per heavy atom. The van der Waals surface area contributed by atoms with E-state index in [0.717, 1.165) is 24.0 Å². The molecule has 4 heteroatoms. The fourth-order valence-electron chi connectivity index (χ4n) is 4.43. The van der Waals surface area contributed by atoms with E-state index in [1.807, 2.05) is 36.4 Å². The first kappa shape index (κ1) is 33.9. The quantitative estimate of drug-likeness (QED) is 0.114. The highest BCUT2D eigenvalue weighted by Crippen LogP contribution is 2.26. The first-order chi connectivity index (χ1) is 19.6. The molecule has 0 N–H and O–H groups in total. The molecule has 0 aliphatic carbocycles. The smallest absolute Gasteiger partial charge is 0.137 e. The lowest BCUT2D eigenvalue weighted by Crippen LogP contribution is -1.98. The van der Waals surface area contributed by atoms with Gasteiger partial charge in [0.25, 0.3) is 0 Å². The van der Waals surface area contributed by atoms with E-state index in [1.165, 1.54) is 89.9 Å². The molecule has 2 aromatic rings. The molecule has 2 aromatic carbocycles. The molecule has 0 saturated carbocycles. The number of hydrogen-bond donors (Lipinski definition) is 0. The maximum atomic E-state index is 6.41. The maximum absolute atomic E-state index is 6.41. The summed E-state index contributed by atoms with van der Waals surface area (Å²) in [6.45, 7) is 5.89. The fraction of sp³-hybridized carbons (Fsp3) is 0.556. The van der Waals surface area contributed by atoms with Gasteiger partial charge >= 0.3 is 0 Å². The van der Waals surface area contributed by atoms with Crippen molar-refractivity contribution in [3.63, 3.8) is 0 Å². The molecule has 0 atom stereocenters. The summed E-state index contributed by atoms with van der Waals surface area (Å²) in [5.74, 6) is 13.3. The minimum absolute atomic E-state index is 0.577. The predicted octanol–water partition coefficient (Wildman–Crippen LogP) is 11.4. The normalized spacial score (nSPS) is 10.4. The second kappa shape index (κ2) is 22.4. The minimum atomic E-state index is 0.577. The van der Waals surface area contributed by atoms with E-state index in [1.54, 1.807) is 0 Å². The van der Waals surface area contributed by atoms with Crippen LogP contribution in [0.5, 0.6) is 11.5 Å². The van der Waals surface area contributed by atoms with Crippen molar-refractivity contribution < 1.29 is 9.47 Å². The molecule has 0 aliphatic rings. The van der Waals surface area contributed by atoms with Crippen LogP contribution in [0.25, 0.3) is 0 Å². The van der Waals surface area contributed by atoms with E-state index < -0.39 is 0 Å². The number of ether oxygens (including phenoxy) is 2. The van der Waals surface area contributed by atoms with Crippen LogP contribution in [0, 0.1) is 23.7 Å². The van der Waals surface area contributed by atoms with Gasteiger partial charge in [0, 0.05) is 11.1 Å². The summed E-state index contributed by atoms with van der Waals surface area (Å²) in [5, 5.41) is 1.15. The second-order valence-corrected chi connectivity index (χ2v) is 11.3. The largest absolute Gasteiger partial charge is 0.492 e. The molecule has 0 unspecified atom stereocenters. The highest BCUT2D eigenvalue weighted by molar-refractivity contribution is 6.32. The van der Waals surface area contributed by atoms with Gasteiger partial charge in [-0.1, -0.05) is 139 Å². The summed E-state index contributed by atoms with van der Waals surface area (Å²) in [6, 6.07) is 11.3. The van der Waals surface area contributed by atoms with Crippen LogP contribution in [0.3, 0.4) is 0 Å². The number of unbranched alkanes of at least 4 members (excludes halogenated alkanes) is 14. The molecular formula is C36H48Cl2O2. The third kappa shape index (κ3) is 15.5. The van der Waals surface area contributed by atoms with Crippen molar-refractivity contribution in [1.29, 1.82) is 0 Å². The molecule has 0 radical (unpaired) electrons. The van der Waals surface area contributed by atoms with Crippen molar-refractivity contribution in [2.45, 2.75) is 117 Å². The lowest BCUT2D eigenvalue weighted by Gasteiger charge is -2.08. The second-order valence-electron chi connectivity index (χ2n) is 10.4. The Morgan fingerprint density at radius 1 is 0.500 bits per heavy atom. The molecule has 0 fully saturated rings. The molecule has 0 saturated heterocycles. The predicted molar refractivity (Wildman–Crippen MR) is 173 cm³/mol. The van der Waals surface area contributed by atoms with Crippen LogP contribution in [-0.4, -0.2) is 13.2 Å². The lowest BCUT2D eigenvalue weighted by molar-refractivity contribution is 0.304. The molecule has 0 spiro atoms. The average molecular weight is 584 g/mol. The standard InChI is InChI=1S/C36H48Cl2O2/c1-3-5-7-9-11-13-15-19-27-39-35-25-23-31(29-33(35)37)21-17-18-22-32-24-26-36(34(38)30-32)40-28-20-16-14-12-10-8-6-4-2/h23-26,29-30H,3-16,19-20,27-28H2,1-2H3. The Hall–Kier alpha value is -2.26. The van der Waals surface area contributed by atoms with Crippen LogP contribution in [0.4, 0.5) is 0 Å². The Labute approximate surface area is 254 Å². The molecule has 40 heavy (non-hydrogen) atoms. The first-order valence-corrected chi connectivity index (χ1v) is 16.3. The van der Waals surface area contributed by atoms with Crippen LogP contribution < -0.4 is 9.47 Å². The zero-order valence-corrected chi connectivity index (χ0v) is 26.3. The molecule has 0 aromatic heterocycles. The van der Waals surface area contributed by atoms with Crippen LogP contribution in [0.1, 0.15) is 128 Å². The Kier molecular flexibility index (Phi) is 19.0. The van der Waals surface area contributed by atoms with E-state index in [4.69, 9.17) is 32.7 Å². The number of benzene rings is 2. The van der Waals surface area contributed by atoms with Gasteiger partial charge in [-0.3, -0.25) is 0 Å². The Bertz CT molecular complexity index is 1000. The van der Waals surface area contributed by atoms with E-state index in [9.17, 15) is 0 Å². The zero-order valence-electron chi connectivity index (χ0n) is 24.8. The minimum Gasteiger partial charge on any atom is -0.492 e. The third-order valence-electron chi connectivity index (χ3n) is 6.85. The molecule has 0 heterocycles. The van der Waals surface area contributed by atoms with E-state index in [2.05, 4.69) is 37.5 Å². The summed E-state index contributed by atoms with van der Waals surface area (Å²) in [6.07, 6.45) is 20.4. The molecule has 218 valence electrons. The SMILES string of the molecule is CCCCCCCCCCOc1ccc(C#CC#Cc2ccc(OCCCCCCCCCC)c(Cl)c2)cc1Cl. The topological polar surface area (TPSA) is 18.5 Å². The highest BCUT2D eigenvalue weighted by Gasteiger charge is 2.04. The van der Waals surface area contributed by atoms with Gasteiger partial charge in [-0.05, 0) is 61.1 Å². The van der Waals surface area contributed by atoms with Crippen LogP contribution in [0.2, 0.25) is 10.0 Å². The number of hydrogen-bond acceptors (Lipinski definition) is 2. The van der Waals surface area contributed by atoms with Gasteiger partial charge in [-0.2, -0.15) is 0 Å². The number of rotatable bonds is 20. The summed E-state index contributed by atoms with van der Waals surface area (Å²) < 4.78 is 11.7. The molecule has 2 nitrogen and oxygen atoms in total. The number of halogens is 2. The van der Waals surface area contributed by atoms with E-state index in [0.29, 0.717) is 34.8 Å². The molecule has 2 rings (SSSR count). The van der Waals surface area contributed by atoms with Gasteiger partial charge in [-0.15, -0.1) is 0 Å². The Morgan fingerprint density at radius 2 is 0.850 bits per heavy atom. The molecular weight excluding hydrogens is 535 g/mol. The summed E-state index contributed by atoms with van der Waals surface area (Å²) in [4.78, 5) is 0. The van der Waals surface area contributed by atoms with Crippen LogP contribution in [0.15, 0.2) is 36.4 Å². The first-order valence-electron chi connectivity index (χ1n) is 15.5. The average Bonchev–Trinajstić information content (AvgIpc) is 2.95. The van der Waals surface area contributed by atoms with Gasteiger partial charge in [0.05, 0.1) is 23.3 Å². The summed E-state index contributed by atoms with van der Waals surface area (Å²) in [7, 11) is 0. The van der Waals surface area contributed by atoms with Crippen LogP contribution >= 0.6 is 23.2 Å². The van der Waals surface area contributed by atoms with Gasteiger partial charge < -0.3 is 9.47 Å². The van der Waals surface area contributed by atoms with Crippen LogP contribution in [-0.2, 0) is 0 Å². The van der Waals surface area contributed by atoms with Crippen molar-refractivity contribution in [3.05, 3.63) is 57.6 Å². The van der Waals surface area contributed by atoms with Crippen molar-refractivity contribution in [2.75, 3.05) is 13.2 Å². The van der Waals surface area contributed by atoms with Crippen molar-refractivity contribution in [3.8, 4) is 35.2 Å². The van der Waals surface area contributed by atoms with Gasteiger partial charge in [0.15, 0.2) is 0 Å². The van der Waals surface area contributed by atoms with Crippen molar-refractivity contribution in [1.82, 2.24) is 0 Å². The Balaban J connectivity index is 1.69. The van der Waals surface area contributed by atoms with Crippen molar-refractivity contribution in [2.24, 2.45) is 0 Å². The van der Waals surface area contributed by atoms with Gasteiger partial charge in [0.1, 0.15) is 11.5 Å². The summed E-state index contributed by atoms with van der Waals surface area (Å²) >= 11 is 12.8. The lowest BCUT2D eigenvalue weighted by atomic mass is 10.1. The monoisotopic (exact) mass is 582 g/mol. The fourth-order valence-corrected chi connectivity index (χ4v) is 4.90.